The van der Waals surface area contributed by atoms with E-state index in [2.05, 4.69) is 0 Å². The van der Waals surface area contributed by atoms with E-state index < -0.39 is 23.5 Å². The van der Waals surface area contributed by atoms with Crippen LogP contribution in [0.5, 0.6) is 5.75 Å². The molecule has 2 aliphatic heterocycles. The number of rotatable bonds is 3. The first kappa shape index (κ1) is 21.3. The van der Waals surface area contributed by atoms with E-state index in [9.17, 15) is 19.1 Å². The number of aryl methyl sites for hydroxylation is 2. The van der Waals surface area contributed by atoms with Crippen LogP contribution in [-0.2, 0) is 16.0 Å². The van der Waals surface area contributed by atoms with Crippen LogP contribution in [0.3, 0.4) is 0 Å². The molecule has 1 atom stereocenters. The molecule has 0 aliphatic carbocycles. The Morgan fingerprint density at radius 2 is 1.97 bits per heavy atom. The van der Waals surface area contributed by atoms with Crippen molar-refractivity contribution in [2.45, 2.75) is 25.8 Å². The molecule has 8 heteroatoms. The van der Waals surface area contributed by atoms with E-state index in [4.69, 9.17) is 20.8 Å². The number of ketones is 1. The average Bonchev–Trinajstić information content (AvgIpc) is 3.35. The summed E-state index contributed by atoms with van der Waals surface area (Å²) in [4.78, 5) is 27.4. The first-order valence-electron chi connectivity index (χ1n) is 10.4. The maximum atomic E-state index is 13.8. The monoisotopic (exact) mass is 467 g/mol. The third-order valence-electron chi connectivity index (χ3n) is 5.84. The van der Waals surface area contributed by atoms with Gasteiger partial charge in [-0.2, -0.15) is 0 Å². The Hall–Kier alpha value is -3.58. The highest BCUT2D eigenvalue weighted by Gasteiger charge is 2.48. The van der Waals surface area contributed by atoms with Crippen LogP contribution in [0.15, 0.2) is 58.5 Å². The molecule has 0 bridgehead atoms. The topological polar surface area (TPSA) is 80.0 Å². The van der Waals surface area contributed by atoms with Gasteiger partial charge in [0.15, 0.2) is 0 Å². The number of Topliss-reactive ketones (excluding diaryl/α,β-unsaturated/α-hetero) is 1. The smallest absolute Gasteiger partial charge is 0.300 e. The molecule has 33 heavy (non-hydrogen) atoms. The van der Waals surface area contributed by atoms with Crippen molar-refractivity contribution in [1.82, 2.24) is 0 Å². The van der Waals surface area contributed by atoms with Gasteiger partial charge in [0.05, 0.1) is 17.2 Å². The number of hydrogen-bond donors (Lipinski definition) is 1. The number of benzene rings is 2. The summed E-state index contributed by atoms with van der Waals surface area (Å²) in [6.07, 6.45) is 1.62. The Labute approximate surface area is 193 Å². The molecule has 5 rings (SSSR count). The summed E-state index contributed by atoms with van der Waals surface area (Å²) >= 11 is 5.94. The normalized spacial score (nSPS) is 19.5. The molecular weight excluding hydrogens is 449 g/mol. The minimum Gasteiger partial charge on any atom is -0.507 e. The summed E-state index contributed by atoms with van der Waals surface area (Å²) in [6, 6.07) is 11.2. The SMILES string of the molecule is Cc1ccc(C2/C(=C(/O)c3ccc4c(c3)CCCO4)C(=O)C(=O)N2c2ccc(F)c(Cl)c2)o1. The molecule has 1 N–H and O–H groups in total. The van der Waals surface area contributed by atoms with Crippen LogP contribution in [0.2, 0.25) is 5.02 Å². The first-order chi connectivity index (χ1) is 15.8. The fourth-order valence-electron chi connectivity index (χ4n) is 4.27. The molecule has 3 heterocycles. The van der Waals surface area contributed by atoms with Crippen molar-refractivity contribution in [3.05, 3.63) is 87.6 Å². The predicted molar refractivity (Wildman–Crippen MR) is 120 cm³/mol. The number of aliphatic hydroxyl groups is 1. The molecule has 2 aliphatic rings. The van der Waals surface area contributed by atoms with Gasteiger partial charge in [-0.1, -0.05) is 11.6 Å². The quantitative estimate of drug-likeness (QED) is 0.320. The summed E-state index contributed by atoms with van der Waals surface area (Å²) in [5.74, 6) is -1.14. The highest BCUT2D eigenvalue weighted by Crippen LogP contribution is 2.43. The van der Waals surface area contributed by atoms with Crippen molar-refractivity contribution in [3.63, 3.8) is 0 Å². The van der Waals surface area contributed by atoms with E-state index in [0.29, 0.717) is 17.9 Å². The second-order valence-electron chi connectivity index (χ2n) is 7.99. The molecule has 0 saturated carbocycles. The molecule has 1 aromatic heterocycles. The van der Waals surface area contributed by atoms with Crippen LogP contribution in [-0.4, -0.2) is 23.4 Å². The molecule has 6 nitrogen and oxygen atoms in total. The second-order valence-corrected chi connectivity index (χ2v) is 8.40. The van der Waals surface area contributed by atoms with Crippen molar-refractivity contribution in [3.8, 4) is 5.75 Å². The van der Waals surface area contributed by atoms with E-state index in [1.165, 1.54) is 17.0 Å². The predicted octanol–water partition coefficient (Wildman–Crippen LogP) is 5.33. The van der Waals surface area contributed by atoms with Crippen molar-refractivity contribution >= 4 is 34.7 Å². The summed E-state index contributed by atoms with van der Waals surface area (Å²) in [5.41, 5.74) is 1.39. The van der Waals surface area contributed by atoms with Crippen LogP contribution in [0.25, 0.3) is 5.76 Å². The Kier molecular flexibility index (Phi) is 5.21. The Morgan fingerprint density at radius 3 is 2.70 bits per heavy atom. The number of hydrogen-bond acceptors (Lipinski definition) is 5. The number of carbonyl (C=O) groups is 2. The third-order valence-corrected chi connectivity index (χ3v) is 6.13. The Balaban J connectivity index is 1.69. The summed E-state index contributed by atoms with van der Waals surface area (Å²) in [7, 11) is 0. The number of halogens is 2. The number of amides is 1. The maximum absolute atomic E-state index is 13.8. The lowest BCUT2D eigenvalue weighted by Gasteiger charge is -2.24. The van der Waals surface area contributed by atoms with Crippen LogP contribution >= 0.6 is 11.6 Å². The zero-order chi connectivity index (χ0) is 23.3. The van der Waals surface area contributed by atoms with Gasteiger partial charge in [-0.25, -0.2) is 4.39 Å². The lowest BCUT2D eigenvalue weighted by molar-refractivity contribution is -0.132. The van der Waals surface area contributed by atoms with Gasteiger partial charge in [0.2, 0.25) is 0 Å². The molecular formula is C25H19ClFNO5. The molecule has 2 aromatic carbocycles. The highest BCUT2D eigenvalue weighted by atomic mass is 35.5. The number of anilines is 1. The second kappa shape index (κ2) is 8.08. The van der Waals surface area contributed by atoms with Crippen LogP contribution < -0.4 is 9.64 Å². The van der Waals surface area contributed by atoms with Crippen molar-refractivity contribution in [2.24, 2.45) is 0 Å². The maximum Gasteiger partial charge on any atom is 0.300 e. The van der Waals surface area contributed by atoms with E-state index in [1.807, 2.05) is 0 Å². The first-order valence-corrected chi connectivity index (χ1v) is 10.8. The lowest BCUT2D eigenvalue weighted by Crippen LogP contribution is -2.29. The third kappa shape index (κ3) is 3.58. The molecule has 3 aromatic rings. The largest absolute Gasteiger partial charge is 0.507 e. The zero-order valence-electron chi connectivity index (χ0n) is 17.6. The Bertz CT molecular complexity index is 1330. The van der Waals surface area contributed by atoms with E-state index in [1.54, 1.807) is 37.3 Å². The average molecular weight is 468 g/mol. The molecule has 1 amide bonds. The molecule has 1 fully saturated rings. The molecule has 1 unspecified atom stereocenters. The number of furan rings is 1. The Morgan fingerprint density at radius 1 is 1.15 bits per heavy atom. The number of fused-ring (bicyclic) bond motifs is 1. The zero-order valence-corrected chi connectivity index (χ0v) is 18.4. The van der Waals surface area contributed by atoms with Gasteiger partial charge in [-0.15, -0.1) is 0 Å². The van der Waals surface area contributed by atoms with Crippen LogP contribution in [0, 0.1) is 12.7 Å². The van der Waals surface area contributed by atoms with Crippen molar-refractivity contribution in [1.29, 1.82) is 0 Å². The fourth-order valence-corrected chi connectivity index (χ4v) is 4.44. The van der Waals surface area contributed by atoms with Crippen molar-refractivity contribution < 1.29 is 28.2 Å². The minimum absolute atomic E-state index is 0.119. The van der Waals surface area contributed by atoms with Gasteiger partial charge in [-0.05, 0) is 73.9 Å². The standard InChI is InChI=1S/C25H19ClFNO5/c1-13-4-8-20(33-13)22-21(23(29)15-5-9-19-14(11-15)3-2-10-32-19)24(30)25(31)28(22)16-6-7-18(27)17(26)12-16/h4-9,11-12,22,29H,2-3,10H2,1H3/b23-21-. The van der Waals surface area contributed by atoms with Gasteiger partial charge in [0, 0.05) is 11.3 Å². The van der Waals surface area contributed by atoms with Crippen LogP contribution in [0.4, 0.5) is 10.1 Å². The summed E-state index contributed by atoms with van der Waals surface area (Å²) in [6.45, 7) is 2.36. The van der Waals surface area contributed by atoms with Crippen molar-refractivity contribution in [2.75, 3.05) is 11.5 Å². The van der Waals surface area contributed by atoms with Gasteiger partial charge in [0.25, 0.3) is 11.7 Å². The lowest BCUT2D eigenvalue weighted by atomic mass is 9.96. The minimum atomic E-state index is -1.05. The molecule has 0 spiro atoms. The summed E-state index contributed by atoms with van der Waals surface area (Å²) < 4.78 is 25.2. The molecule has 1 saturated heterocycles. The van der Waals surface area contributed by atoms with E-state index >= 15 is 0 Å². The number of nitrogens with zero attached hydrogens (tertiary/aromatic N) is 1. The van der Waals surface area contributed by atoms with Crippen LogP contribution in [0.1, 0.15) is 35.1 Å². The summed E-state index contributed by atoms with van der Waals surface area (Å²) in [5, 5.41) is 11.0. The number of aliphatic hydroxyl groups excluding tert-OH is 1. The van der Waals surface area contributed by atoms with Gasteiger partial charge < -0.3 is 14.3 Å². The molecule has 0 radical (unpaired) electrons. The van der Waals surface area contributed by atoms with Gasteiger partial charge >= 0.3 is 0 Å². The fraction of sp³-hybridized carbons (Fsp3) is 0.200. The van der Waals surface area contributed by atoms with Gasteiger partial charge in [-0.3, -0.25) is 14.5 Å². The van der Waals surface area contributed by atoms with Gasteiger partial charge in [0.1, 0.15) is 34.9 Å². The molecule has 168 valence electrons. The number of ether oxygens (including phenoxy) is 1. The van der Waals surface area contributed by atoms with E-state index in [0.717, 1.165) is 30.2 Å². The highest BCUT2D eigenvalue weighted by molar-refractivity contribution is 6.51. The van der Waals surface area contributed by atoms with E-state index in [-0.39, 0.29) is 27.8 Å². The number of carbonyl (C=O) groups excluding carboxylic acids is 2.